The van der Waals surface area contributed by atoms with Crippen LogP contribution in [0, 0.1) is 63.1 Å². The van der Waals surface area contributed by atoms with Crippen LogP contribution in [0.15, 0.2) is 306 Å². The van der Waals surface area contributed by atoms with E-state index in [9.17, 15) is 0 Å². The standard InChI is InChI=1S/C68H65N6O2.C56H59N6O.2Ir/c1-48(2)58-43-53(50-23-11-8-12-24-50)44-59(49(3)4)65(58)74-54(45-69-68(74)52-26-13-9-14-27-52)28-15-7-5-6-10-25-51-35-36-61(67-64(51)57-30-17-19-34-63(57)76-67)73-42-40-71(47-73)38-21-20-37-70-39-41-72(46-70)60-32-22-31-56-55-29-16-18-33-62(55)75-66(56)60;1-42(2)50-38-51-49-26-16-17-27-52(49)63-55(51)53(43(3)4)54(50)62-48(39-57-56(62)45-21-11-8-12-22-45)25-13-7-5-6-10-20-44-28-30-47(31-29-44)61-37-35-59(41-61)33-19-18-32-58-34-36-60(40-58)46-23-14-9-15-24-46;;/h8-9,11-14,16-19,22-24,26,29-31,33-35,39-49H,5-7,10,15,20-21,25,28,37-38H2,1-4H3;8-9,11-12,14-17,21,23,26-30,34-43H,5-7,10,13,18-20,25,32-33H2,1-4H3;;/q2*-5;;. The van der Waals surface area contributed by atoms with Gasteiger partial charge in [0, 0.05) is 114 Å². The van der Waals surface area contributed by atoms with Crippen molar-refractivity contribution in [1.29, 1.82) is 0 Å². The van der Waals surface area contributed by atoms with Crippen molar-refractivity contribution in [3.05, 3.63) is 400 Å². The summed E-state index contributed by atoms with van der Waals surface area (Å²) in [7, 11) is 0. The summed E-state index contributed by atoms with van der Waals surface area (Å²) in [6, 6.07) is 102. The Morgan fingerprint density at radius 3 is 1.29 bits per heavy atom. The summed E-state index contributed by atoms with van der Waals surface area (Å²) in [5.74, 6) is 3.11. The quantitative estimate of drug-likeness (QED) is 0.0270. The molecular formula is C124H124Ir2N12O3-10. The van der Waals surface area contributed by atoms with E-state index < -0.39 is 0 Å². The van der Waals surface area contributed by atoms with E-state index in [2.05, 4.69) is 399 Å². The summed E-state index contributed by atoms with van der Waals surface area (Å²) in [5.41, 5.74) is 27.0. The van der Waals surface area contributed by atoms with Crippen LogP contribution in [0.5, 0.6) is 0 Å². The predicted octanol–water partition coefficient (Wildman–Crippen LogP) is 31.0. The first-order valence-corrected chi connectivity index (χ1v) is 50.5. The fourth-order valence-electron chi connectivity index (χ4n) is 20.3. The largest absolute Gasteiger partial charge is 0.514 e. The Balaban J connectivity index is 0.000000187. The van der Waals surface area contributed by atoms with Gasteiger partial charge in [-0.25, -0.2) is 0 Å². The molecule has 0 aliphatic carbocycles. The number of imidazole rings is 2. The smallest absolute Gasteiger partial charge is 0.140 e. The molecule has 0 atom stereocenters. The zero-order valence-electron chi connectivity index (χ0n) is 82.1. The van der Waals surface area contributed by atoms with Gasteiger partial charge in [-0.05, 0) is 215 Å². The molecule has 0 fully saturated rings. The first kappa shape index (κ1) is 98.3. The molecule has 4 aliphatic rings. The minimum Gasteiger partial charge on any atom is -0.514 e. The number of benzene rings is 12. The Morgan fingerprint density at radius 2 is 0.766 bits per heavy atom. The van der Waals surface area contributed by atoms with E-state index in [1.54, 1.807) is 0 Å². The normalized spacial score (nSPS) is 13.7. The molecule has 21 rings (SSSR count). The number of para-hydroxylation sites is 4. The molecule has 0 N–H and O–H groups in total. The van der Waals surface area contributed by atoms with Crippen LogP contribution < -0.4 is 19.6 Å². The third kappa shape index (κ3) is 21.9. The maximum Gasteiger partial charge on any atom is 0.140 e. The molecule has 17 aromatic rings. The Bertz CT molecular complexity index is 7160. The second-order valence-corrected chi connectivity index (χ2v) is 38.7. The number of anilines is 4. The van der Waals surface area contributed by atoms with Crippen molar-refractivity contribution in [3.8, 4) is 45.3 Å². The molecule has 5 aromatic heterocycles. The van der Waals surface area contributed by atoms with Crippen LogP contribution in [-0.4, -0.2) is 64.9 Å². The fraction of sp³-hybridized carbons (Fsp3) is 0.274. The second-order valence-electron chi connectivity index (χ2n) is 38.7. The van der Waals surface area contributed by atoms with Crippen LogP contribution in [0.1, 0.15) is 214 Å². The summed E-state index contributed by atoms with van der Waals surface area (Å²) >= 11 is 0. The molecule has 0 bridgehead atoms. The van der Waals surface area contributed by atoms with E-state index in [1.165, 1.54) is 121 Å². The van der Waals surface area contributed by atoms with Crippen molar-refractivity contribution >= 4 is 88.6 Å². The van der Waals surface area contributed by atoms with Crippen molar-refractivity contribution < 1.29 is 53.5 Å². The van der Waals surface area contributed by atoms with Crippen molar-refractivity contribution in [1.82, 2.24) is 38.7 Å². The first-order valence-electron chi connectivity index (χ1n) is 50.5. The van der Waals surface area contributed by atoms with E-state index in [4.69, 9.17) is 23.2 Å². The second kappa shape index (κ2) is 45.8. The van der Waals surface area contributed by atoms with E-state index in [0.29, 0.717) is 17.8 Å². The van der Waals surface area contributed by atoms with Gasteiger partial charge < -0.3 is 61.6 Å². The Hall–Kier alpha value is -12.9. The zero-order chi connectivity index (χ0) is 94.7. The number of aromatic nitrogens is 4. The van der Waals surface area contributed by atoms with Crippen molar-refractivity contribution in [2.75, 3.05) is 45.8 Å². The molecule has 15 nitrogen and oxygen atoms in total. The van der Waals surface area contributed by atoms with Crippen LogP contribution in [0.25, 0.3) is 111 Å². The number of hydrogen-bond acceptors (Lipinski definition) is 13. The predicted molar refractivity (Wildman–Crippen MR) is 570 cm³/mol. The molecule has 0 amide bonds. The van der Waals surface area contributed by atoms with Crippen LogP contribution in [-0.2, 0) is 65.9 Å². The molecule has 0 saturated carbocycles. The molecule has 12 aromatic carbocycles. The van der Waals surface area contributed by atoms with Crippen LogP contribution >= 0.6 is 0 Å². The number of fused-ring (bicyclic) bond motifs is 9. The molecule has 2 radical (unpaired) electrons. The summed E-state index contributed by atoms with van der Waals surface area (Å²) in [5, 5.41) is 6.98. The van der Waals surface area contributed by atoms with Crippen LogP contribution in [0.4, 0.5) is 22.7 Å². The summed E-state index contributed by atoms with van der Waals surface area (Å²) < 4.78 is 24.6. The van der Waals surface area contributed by atoms with E-state index in [1.807, 2.05) is 60.7 Å². The Kier molecular flexibility index (Phi) is 31.9. The number of furan rings is 3. The van der Waals surface area contributed by atoms with Gasteiger partial charge in [0.15, 0.2) is 0 Å². The van der Waals surface area contributed by atoms with Gasteiger partial charge in [-0.3, -0.25) is 9.97 Å². The molecule has 726 valence electrons. The first-order chi connectivity index (χ1) is 68.3. The minimum atomic E-state index is 0. The Labute approximate surface area is 860 Å². The number of unbranched alkanes of at least 4 members (excludes halogenated alkanes) is 10. The number of rotatable bonds is 39. The van der Waals surface area contributed by atoms with Gasteiger partial charge in [-0.15, -0.1) is 94.8 Å². The molecule has 9 heterocycles. The molecule has 0 unspecified atom stereocenters. The van der Waals surface area contributed by atoms with Gasteiger partial charge in [0.1, 0.15) is 22.3 Å². The molecular weight excluding hydrogens is 2090 g/mol. The van der Waals surface area contributed by atoms with Gasteiger partial charge in [0.25, 0.3) is 0 Å². The van der Waals surface area contributed by atoms with Gasteiger partial charge in [-0.1, -0.05) is 227 Å². The van der Waals surface area contributed by atoms with E-state index >= 15 is 0 Å². The maximum atomic E-state index is 6.69. The Morgan fingerprint density at radius 1 is 0.319 bits per heavy atom. The third-order valence-electron chi connectivity index (χ3n) is 27.6. The van der Waals surface area contributed by atoms with Gasteiger partial charge in [0.2, 0.25) is 0 Å². The van der Waals surface area contributed by atoms with Gasteiger partial charge in [-0.2, -0.15) is 111 Å². The average Bonchev–Trinajstić information content (AvgIpc) is 1.58. The van der Waals surface area contributed by atoms with Gasteiger partial charge >= 0.3 is 0 Å². The number of nitrogens with zero attached hydrogens (tertiary/aromatic N) is 12. The van der Waals surface area contributed by atoms with Crippen LogP contribution in [0.2, 0.25) is 0 Å². The zero-order valence-corrected chi connectivity index (χ0v) is 86.9. The number of aryl methyl sites for hydroxylation is 4. The maximum absolute atomic E-state index is 6.69. The average molecular weight is 2210 g/mol. The fourth-order valence-corrected chi connectivity index (χ4v) is 20.3. The molecule has 141 heavy (non-hydrogen) atoms. The monoisotopic (exact) mass is 2210 g/mol. The van der Waals surface area contributed by atoms with Gasteiger partial charge in [0.05, 0.1) is 11.6 Å². The number of hydrogen-bond donors (Lipinski definition) is 0. The summed E-state index contributed by atoms with van der Waals surface area (Å²) in [6.07, 6.45) is 41.2. The third-order valence-corrected chi connectivity index (χ3v) is 27.6. The SMILES string of the molecule is CC(C)c1cc(-c2ccccc2)cc(C(C)C)c1-n1c(CCCCCCCc2c[c-]c(N3C=CN(CCCCN4C=CN(c5[c-]ccc6c5oc5ccccc56)[CH-]4)[CH-]3)c3oc4ccccc4c23)cnc1-c1[c-]cccc1.CC(C)c1cc2c(oc3ccccc32)c(C(C)C)c1-n1c(CCCCCCCc2c[c-]c(N3C=CN(CCCCN4C=CN(c5[c-]cccc5)[CH-]4)[CH-]3)cc2)cnc1-c1[c-]cccc1.[Ir].[Ir]. The van der Waals surface area contributed by atoms with Crippen LogP contribution in [0.3, 0.4) is 0 Å². The molecule has 0 saturated heterocycles. The van der Waals surface area contributed by atoms with Crippen molar-refractivity contribution in [3.63, 3.8) is 0 Å². The van der Waals surface area contributed by atoms with Crippen molar-refractivity contribution in [2.45, 2.75) is 195 Å². The van der Waals surface area contributed by atoms with E-state index in [0.717, 1.165) is 199 Å². The van der Waals surface area contributed by atoms with E-state index in [-0.39, 0.29) is 46.1 Å². The topological polar surface area (TPSA) is 101 Å². The summed E-state index contributed by atoms with van der Waals surface area (Å²) in [6.45, 7) is 30.9. The molecule has 4 aliphatic heterocycles. The summed E-state index contributed by atoms with van der Waals surface area (Å²) in [4.78, 5) is 27.8. The molecule has 0 spiro atoms. The van der Waals surface area contributed by atoms with Crippen molar-refractivity contribution in [2.24, 2.45) is 0 Å². The molecule has 17 heteroatoms. The minimum absolute atomic E-state index is 0.